The molecule has 3 heterocycles. The molecule has 2 aliphatic rings. The van der Waals surface area contributed by atoms with Gasteiger partial charge in [0, 0.05) is 24.4 Å². The van der Waals surface area contributed by atoms with Gasteiger partial charge in [-0.2, -0.15) is 0 Å². The lowest BCUT2D eigenvalue weighted by molar-refractivity contribution is 0.458. The number of fused-ring (bicyclic) bond motifs is 1. The van der Waals surface area contributed by atoms with Crippen molar-refractivity contribution in [1.29, 1.82) is 0 Å². The molecule has 0 spiro atoms. The van der Waals surface area contributed by atoms with Gasteiger partial charge in [-0.25, -0.2) is 0 Å². The Morgan fingerprint density at radius 2 is 2.29 bits per heavy atom. The molecule has 0 amide bonds. The number of aliphatic imine (C=N–C) groups is 1. The van der Waals surface area contributed by atoms with Crippen molar-refractivity contribution >= 4 is 28.4 Å². The number of aromatic nitrogens is 2. The van der Waals surface area contributed by atoms with Gasteiger partial charge in [0.1, 0.15) is 5.01 Å². The molecule has 1 atom stereocenters. The van der Waals surface area contributed by atoms with E-state index in [2.05, 4.69) is 44.0 Å². The topological polar surface area (TPSA) is 62.2 Å². The number of hydrogen-bond donors (Lipinski definition) is 2. The van der Waals surface area contributed by atoms with E-state index in [-0.39, 0.29) is 0 Å². The van der Waals surface area contributed by atoms with E-state index in [1.807, 2.05) is 6.21 Å². The molecule has 21 heavy (non-hydrogen) atoms. The molecular formula is C15H17N5S. The number of anilines is 2. The van der Waals surface area contributed by atoms with Crippen LogP contribution in [-0.2, 0) is 6.54 Å². The van der Waals surface area contributed by atoms with E-state index in [1.54, 1.807) is 11.3 Å². The fourth-order valence-corrected chi connectivity index (χ4v) is 3.71. The summed E-state index contributed by atoms with van der Waals surface area (Å²) in [4.78, 5) is 4.28. The van der Waals surface area contributed by atoms with Gasteiger partial charge in [-0.05, 0) is 42.6 Å². The molecular weight excluding hydrogens is 282 g/mol. The molecule has 1 fully saturated rings. The standard InChI is InChI=1S/C15H17N5S/c1-2-11(8-16-5-1)14-19-20-15(21-14)18-13-4-3-10-7-17-9-12(10)6-13/h3-4,6,9,11,16H,1-2,5,7-8H2,(H,18,20). The van der Waals surface area contributed by atoms with Crippen LogP contribution in [0.15, 0.2) is 23.2 Å². The van der Waals surface area contributed by atoms with E-state index in [9.17, 15) is 0 Å². The van der Waals surface area contributed by atoms with Gasteiger partial charge in [0.2, 0.25) is 5.13 Å². The normalized spacial score (nSPS) is 20.5. The van der Waals surface area contributed by atoms with Gasteiger partial charge in [-0.1, -0.05) is 17.4 Å². The maximum atomic E-state index is 4.35. The predicted molar refractivity (Wildman–Crippen MR) is 85.8 cm³/mol. The molecule has 6 heteroatoms. The summed E-state index contributed by atoms with van der Waals surface area (Å²) in [6.45, 7) is 2.94. The van der Waals surface area contributed by atoms with Crippen LogP contribution in [0.3, 0.4) is 0 Å². The minimum absolute atomic E-state index is 0.513. The van der Waals surface area contributed by atoms with Crippen molar-refractivity contribution in [3.05, 3.63) is 34.3 Å². The Morgan fingerprint density at radius 3 is 3.19 bits per heavy atom. The largest absolute Gasteiger partial charge is 0.330 e. The Hall–Kier alpha value is -1.79. The Balaban J connectivity index is 1.49. The van der Waals surface area contributed by atoms with E-state index in [1.165, 1.54) is 24.0 Å². The second-order valence-corrected chi connectivity index (χ2v) is 6.51. The summed E-state index contributed by atoms with van der Waals surface area (Å²) in [5.41, 5.74) is 3.53. The second-order valence-electron chi connectivity index (χ2n) is 5.50. The summed E-state index contributed by atoms with van der Waals surface area (Å²) in [5.74, 6) is 0.513. The van der Waals surface area contributed by atoms with Crippen LogP contribution < -0.4 is 10.6 Å². The van der Waals surface area contributed by atoms with Gasteiger partial charge in [-0.3, -0.25) is 4.99 Å². The lowest BCUT2D eigenvalue weighted by Gasteiger charge is -2.19. The van der Waals surface area contributed by atoms with Crippen molar-refractivity contribution in [3.63, 3.8) is 0 Å². The second kappa shape index (κ2) is 5.54. The van der Waals surface area contributed by atoms with Crippen molar-refractivity contribution < 1.29 is 0 Å². The Bertz CT molecular complexity index is 672. The van der Waals surface area contributed by atoms with Crippen molar-refractivity contribution in [3.8, 4) is 0 Å². The molecule has 5 nitrogen and oxygen atoms in total. The van der Waals surface area contributed by atoms with Gasteiger partial charge < -0.3 is 10.6 Å². The van der Waals surface area contributed by atoms with E-state index in [0.717, 1.165) is 35.5 Å². The van der Waals surface area contributed by atoms with Gasteiger partial charge >= 0.3 is 0 Å². The van der Waals surface area contributed by atoms with Crippen LogP contribution in [0.2, 0.25) is 0 Å². The summed E-state index contributed by atoms with van der Waals surface area (Å²) >= 11 is 1.66. The molecule has 0 radical (unpaired) electrons. The maximum absolute atomic E-state index is 4.35. The SMILES string of the molecule is C1=NCc2ccc(Nc3nnc(C4CCCNC4)s3)cc21. The number of piperidine rings is 1. The summed E-state index contributed by atoms with van der Waals surface area (Å²) in [6.07, 6.45) is 4.36. The van der Waals surface area contributed by atoms with Crippen LogP contribution >= 0.6 is 11.3 Å². The molecule has 4 rings (SSSR count). The number of nitrogens with zero attached hydrogens (tertiary/aromatic N) is 3. The molecule has 0 saturated carbocycles. The summed E-state index contributed by atoms with van der Waals surface area (Å²) in [7, 11) is 0. The molecule has 0 bridgehead atoms. The van der Waals surface area contributed by atoms with Gasteiger partial charge in [0.15, 0.2) is 0 Å². The zero-order chi connectivity index (χ0) is 14.1. The number of benzene rings is 1. The fraction of sp³-hybridized carbons (Fsp3) is 0.400. The predicted octanol–water partition coefficient (Wildman–Crippen LogP) is 2.68. The molecule has 1 saturated heterocycles. The quantitative estimate of drug-likeness (QED) is 0.914. The van der Waals surface area contributed by atoms with Crippen LogP contribution in [0.25, 0.3) is 0 Å². The maximum Gasteiger partial charge on any atom is 0.210 e. The van der Waals surface area contributed by atoms with E-state index >= 15 is 0 Å². The average molecular weight is 299 g/mol. The van der Waals surface area contributed by atoms with E-state index < -0.39 is 0 Å². The number of nitrogens with one attached hydrogen (secondary N) is 2. The molecule has 2 N–H and O–H groups in total. The van der Waals surface area contributed by atoms with Crippen LogP contribution in [0.1, 0.15) is 34.9 Å². The van der Waals surface area contributed by atoms with Crippen LogP contribution in [0, 0.1) is 0 Å². The van der Waals surface area contributed by atoms with Crippen molar-refractivity contribution in [2.75, 3.05) is 18.4 Å². The smallest absolute Gasteiger partial charge is 0.210 e. The summed E-state index contributed by atoms with van der Waals surface area (Å²) in [6, 6.07) is 6.32. The Morgan fingerprint density at radius 1 is 1.29 bits per heavy atom. The first-order valence-corrected chi connectivity index (χ1v) is 8.14. The third kappa shape index (κ3) is 2.69. The highest BCUT2D eigenvalue weighted by Gasteiger charge is 2.19. The fourth-order valence-electron chi connectivity index (χ4n) is 2.82. The highest BCUT2D eigenvalue weighted by molar-refractivity contribution is 7.15. The molecule has 0 aliphatic carbocycles. The van der Waals surface area contributed by atoms with Gasteiger partial charge in [0.25, 0.3) is 0 Å². The highest BCUT2D eigenvalue weighted by atomic mass is 32.1. The third-order valence-corrected chi connectivity index (χ3v) is 4.98. The molecule has 1 aromatic heterocycles. The summed E-state index contributed by atoms with van der Waals surface area (Å²) < 4.78 is 0. The molecule has 1 unspecified atom stereocenters. The minimum Gasteiger partial charge on any atom is -0.330 e. The van der Waals surface area contributed by atoms with E-state index in [4.69, 9.17) is 0 Å². The average Bonchev–Trinajstić information content (AvgIpc) is 3.17. The Kier molecular flexibility index (Phi) is 3.40. The lowest BCUT2D eigenvalue weighted by Crippen LogP contribution is -2.28. The van der Waals surface area contributed by atoms with Crippen LogP contribution in [0.4, 0.5) is 10.8 Å². The van der Waals surface area contributed by atoms with Crippen LogP contribution in [-0.4, -0.2) is 29.5 Å². The number of rotatable bonds is 3. The zero-order valence-electron chi connectivity index (χ0n) is 11.7. The van der Waals surface area contributed by atoms with Crippen LogP contribution in [0.5, 0.6) is 0 Å². The van der Waals surface area contributed by atoms with Crippen molar-refractivity contribution in [2.24, 2.45) is 4.99 Å². The third-order valence-electron chi connectivity index (χ3n) is 3.98. The first-order valence-electron chi connectivity index (χ1n) is 7.32. The first-order chi connectivity index (χ1) is 10.4. The first kappa shape index (κ1) is 12.9. The summed E-state index contributed by atoms with van der Waals surface area (Å²) in [5, 5.41) is 17.4. The molecule has 2 aliphatic heterocycles. The minimum atomic E-state index is 0.513. The number of hydrogen-bond acceptors (Lipinski definition) is 6. The van der Waals surface area contributed by atoms with Gasteiger partial charge in [-0.15, -0.1) is 10.2 Å². The van der Waals surface area contributed by atoms with Crippen molar-refractivity contribution in [2.45, 2.75) is 25.3 Å². The lowest BCUT2D eigenvalue weighted by atomic mass is 10.0. The van der Waals surface area contributed by atoms with Crippen molar-refractivity contribution in [1.82, 2.24) is 15.5 Å². The van der Waals surface area contributed by atoms with Gasteiger partial charge in [0.05, 0.1) is 6.54 Å². The highest BCUT2D eigenvalue weighted by Crippen LogP contribution is 2.30. The molecule has 108 valence electrons. The monoisotopic (exact) mass is 299 g/mol. The molecule has 2 aromatic rings. The van der Waals surface area contributed by atoms with E-state index in [0.29, 0.717) is 5.92 Å². The Labute approximate surface area is 127 Å². The zero-order valence-corrected chi connectivity index (χ0v) is 12.5. The molecule has 1 aromatic carbocycles.